The summed E-state index contributed by atoms with van der Waals surface area (Å²) in [6, 6.07) is 5.77. The van der Waals surface area contributed by atoms with E-state index in [4.69, 9.17) is 0 Å². The number of hydrogen-bond donors (Lipinski definition) is 1. The number of hydrogen-bond acceptors (Lipinski definition) is 4. The van der Waals surface area contributed by atoms with E-state index in [0.717, 1.165) is 49.2 Å². The van der Waals surface area contributed by atoms with Crippen molar-refractivity contribution in [1.29, 1.82) is 0 Å². The normalized spacial score (nSPS) is 17.2. The summed E-state index contributed by atoms with van der Waals surface area (Å²) in [5.74, 6) is 0.180. The summed E-state index contributed by atoms with van der Waals surface area (Å²) in [6.07, 6.45) is 2.88. The molecule has 1 aliphatic heterocycles. The van der Waals surface area contributed by atoms with E-state index >= 15 is 0 Å². The highest BCUT2D eigenvalue weighted by atomic mass is 16.1. The van der Waals surface area contributed by atoms with E-state index in [9.17, 15) is 4.79 Å². The van der Waals surface area contributed by atoms with Gasteiger partial charge in [0.1, 0.15) is 0 Å². The predicted molar refractivity (Wildman–Crippen MR) is 79.0 cm³/mol. The molecule has 0 atom stereocenters. The summed E-state index contributed by atoms with van der Waals surface area (Å²) in [4.78, 5) is 18.9. The number of aromatic nitrogens is 2. The molecule has 0 bridgehead atoms. The van der Waals surface area contributed by atoms with Crippen molar-refractivity contribution in [1.82, 2.24) is 19.8 Å². The minimum absolute atomic E-state index is 0.180. The fourth-order valence-electron chi connectivity index (χ4n) is 2.66. The minimum atomic E-state index is 0.180. The second kappa shape index (κ2) is 5.73. The standard InChI is InChI=1S/C15H20N4O/c1-18-11-17-13-9-12(3-4-14(13)18)15(20)10-19-7-2-5-16-6-8-19/h3-4,9,11,16H,2,5-8,10H2,1H3. The lowest BCUT2D eigenvalue weighted by Crippen LogP contribution is -2.33. The van der Waals surface area contributed by atoms with E-state index in [-0.39, 0.29) is 5.78 Å². The lowest BCUT2D eigenvalue weighted by Gasteiger charge is -2.18. The summed E-state index contributed by atoms with van der Waals surface area (Å²) < 4.78 is 1.96. The van der Waals surface area contributed by atoms with Gasteiger partial charge in [-0.15, -0.1) is 0 Å². The second-order valence-corrected chi connectivity index (χ2v) is 5.36. The molecule has 1 saturated heterocycles. The molecule has 0 saturated carbocycles. The Bertz CT molecular complexity index is 611. The number of Topliss-reactive ketones (excluding diaryl/α,β-unsaturated/α-hetero) is 1. The number of imidazole rings is 1. The van der Waals surface area contributed by atoms with E-state index < -0.39 is 0 Å². The van der Waals surface area contributed by atoms with Crippen molar-refractivity contribution in [3.8, 4) is 0 Å². The molecule has 1 fully saturated rings. The van der Waals surface area contributed by atoms with Crippen LogP contribution >= 0.6 is 0 Å². The Balaban J connectivity index is 1.74. The first-order chi connectivity index (χ1) is 9.74. The fourth-order valence-corrected chi connectivity index (χ4v) is 2.66. The molecule has 1 aromatic carbocycles. The average Bonchev–Trinajstić information content (AvgIpc) is 2.66. The molecule has 1 aromatic heterocycles. The van der Waals surface area contributed by atoms with Crippen molar-refractivity contribution in [2.24, 2.45) is 7.05 Å². The zero-order chi connectivity index (χ0) is 13.9. The van der Waals surface area contributed by atoms with Crippen molar-refractivity contribution in [2.75, 3.05) is 32.7 Å². The maximum Gasteiger partial charge on any atom is 0.176 e. The summed E-state index contributed by atoms with van der Waals surface area (Å²) in [7, 11) is 1.96. The van der Waals surface area contributed by atoms with Crippen LogP contribution in [0.15, 0.2) is 24.5 Å². The first-order valence-electron chi connectivity index (χ1n) is 7.11. The van der Waals surface area contributed by atoms with Gasteiger partial charge in [-0.1, -0.05) is 0 Å². The van der Waals surface area contributed by atoms with Crippen LogP contribution in [0.3, 0.4) is 0 Å². The Morgan fingerprint density at radius 1 is 1.35 bits per heavy atom. The molecule has 2 aromatic rings. The molecule has 3 rings (SSSR count). The van der Waals surface area contributed by atoms with Crippen LogP contribution in [0.25, 0.3) is 11.0 Å². The van der Waals surface area contributed by atoms with Crippen LogP contribution in [0.1, 0.15) is 16.8 Å². The van der Waals surface area contributed by atoms with Crippen molar-refractivity contribution in [2.45, 2.75) is 6.42 Å². The number of nitrogens with zero attached hydrogens (tertiary/aromatic N) is 3. The van der Waals surface area contributed by atoms with E-state index in [2.05, 4.69) is 15.2 Å². The van der Waals surface area contributed by atoms with Gasteiger partial charge < -0.3 is 9.88 Å². The Labute approximate surface area is 118 Å². The molecule has 20 heavy (non-hydrogen) atoms. The van der Waals surface area contributed by atoms with Crippen molar-refractivity contribution < 1.29 is 4.79 Å². The van der Waals surface area contributed by atoms with Gasteiger partial charge in [0.2, 0.25) is 0 Å². The van der Waals surface area contributed by atoms with Crippen molar-refractivity contribution in [3.05, 3.63) is 30.1 Å². The highest BCUT2D eigenvalue weighted by Crippen LogP contribution is 2.14. The van der Waals surface area contributed by atoms with Gasteiger partial charge in [-0.2, -0.15) is 0 Å². The molecule has 0 spiro atoms. The Kier molecular flexibility index (Phi) is 3.80. The Morgan fingerprint density at radius 2 is 2.25 bits per heavy atom. The maximum atomic E-state index is 12.4. The summed E-state index contributed by atoms with van der Waals surface area (Å²) >= 11 is 0. The number of carbonyl (C=O) groups excluding carboxylic acids is 1. The smallest absolute Gasteiger partial charge is 0.176 e. The van der Waals surface area contributed by atoms with Gasteiger partial charge in [-0.05, 0) is 37.7 Å². The number of benzene rings is 1. The van der Waals surface area contributed by atoms with Crippen molar-refractivity contribution in [3.63, 3.8) is 0 Å². The second-order valence-electron chi connectivity index (χ2n) is 5.36. The quantitative estimate of drug-likeness (QED) is 0.849. The zero-order valence-electron chi connectivity index (χ0n) is 11.8. The van der Waals surface area contributed by atoms with Crippen molar-refractivity contribution >= 4 is 16.8 Å². The molecule has 0 unspecified atom stereocenters. The van der Waals surface area contributed by atoms with E-state index in [0.29, 0.717) is 6.54 Å². The minimum Gasteiger partial charge on any atom is -0.334 e. The lowest BCUT2D eigenvalue weighted by molar-refractivity contribution is 0.0935. The largest absolute Gasteiger partial charge is 0.334 e. The van der Waals surface area contributed by atoms with Crippen LogP contribution in [0, 0.1) is 0 Å². The summed E-state index contributed by atoms with van der Waals surface area (Å²) in [6.45, 7) is 4.44. The topological polar surface area (TPSA) is 50.2 Å². The first kappa shape index (κ1) is 13.3. The molecule has 0 aliphatic carbocycles. The van der Waals surface area contributed by atoms with Crippen LogP contribution in [0.4, 0.5) is 0 Å². The number of ketones is 1. The Hall–Kier alpha value is -1.72. The maximum absolute atomic E-state index is 12.4. The molecule has 5 nitrogen and oxygen atoms in total. The molecule has 2 heterocycles. The molecular formula is C15H20N4O. The van der Waals surface area contributed by atoms with E-state index in [1.807, 2.05) is 29.8 Å². The summed E-state index contributed by atoms with van der Waals surface area (Å²) in [5, 5.41) is 3.35. The third kappa shape index (κ3) is 2.73. The fraction of sp³-hybridized carbons (Fsp3) is 0.467. The van der Waals surface area contributed by atoms with E-state index in [1.165, 1.54) is 0 Å². The van der Waals surface area contributed by atoms with Crippen LogP contribution in [0.2, 0.25) is 0 Å². The van der Waals surface area contributed by atoms with Gasteiger partial charge >= 0.3 is 0 Å². The molecule has 106 valence electrons. The number of aryl methyl sites for hydroxylation is 1. The molecule has 5 heteroatoms. The lowest BCUT2D eigenvalue weighted by atomic mass is 10.1. The molecule has 0 radical (unpaired) electrons. The van der Waals surface area contributed by atoms with Gasteiger partial charge in [0, 0.05) is 25.7 Å². The average molecular weight is 272 g/mol. The first-order valence-corrected chi connectivity index (χ1v) is 7.11. The van der Waals surface area contributed by atoms with Crippen LogP contribution in [-0.2, 0) is 7.05 Å². The van der Waals surface area contributed by atoms with Gasteiger partial charge in [-0.25, -0.2) is 4.98 Å². The van der Waals surface area contributed by atoms with Crippen LogP contribution < -0.4 is 5.32 Å². The van der Waals surface area contributed by atoms with Crippen LogP contribution in [-0.4, -0.2) is 53.0 Å². The van der Waals surface area contributed by atoms with Gasteiger partial charge in [0.15, 0.2) is 5.78 Å². The van der Waals surface area contributed by atoms with Crippen LogP contribution in [0.5, 0.6) is 0 Å². The molecular weight excluding hydrogens is 252 g/mol. The Morgan fingerprint density at radius 3 is 3.15 bits per heavy atom. The highest BCUT2D eigenvalue weighted by Gasteiger charge is 2.15. The molecule has 1 aliphatic rings. The highest BCUT2D eigenvalue weighted by molar-refractivity contribution is 6.00. The monoisotopic (exact) mass is 272 g/mol. The van der Waals surface area contributed by atoms with Gasteiger partial charge in [-0.3, -0.25) is 9.69 Å². The third-order valence-corrected chi connectivity index (χ3v) is 3.85. The number of rotatable bonds is 3. The number of nitrogens with one attached hydrogen (secondary N) is 1. The predicted octanol–water partition coefficient (Wildman–Crippen LogP) is 1.05. The summed E-state index contributed by atoms with van der Waals surface area (Å²) in [5.41, 5.74) is 2.70. The third-order valence-electron chi connectivity index (χ3n) is 3.85. The molecule has 1 N–H and O–H groups in total. The number of fused-ring (bicyclic) bond motifs is 1. The van der Waals surface area contributed by atoms with Gasteiger partial charge in [0.05, 0.1) is 23.9 Å². The molecule has 0 amide bonds. The zero-order valence-corrected chi connectivity index (χ0v) is 11.8. The van der Waals surface area contributed by atoms with E-state index in [1.54, 1.807) is 6.33 Å². The number of carbonyl (C=O) groups is 1. The SMILES string of the molecule is Cn1cnc2cc(C(=O)CN3CCCNCC3)ccc21. The van der Waals surface area contributed by atoms with Gasteiger partial charge in [0.25, 0.3) is 0 Å².